The van der Waals surface area contributed by atoms with Crippen molar-refractivity contribution in [2.45, 2.75) is 93.5 Å². The minimum atomic E-state index is -2.63. The molecule has 0 aromatic carbocycles. The van der Waals surface area contributed by atoms with Crippen molar-refractivity contribution in [1.29, 1.82) is 0 Å². The van der Waals surface area contributed by atoms with Crippen LogP contribution < -0.4 is 0 Å². The average Bonchev–Trinajstić information content (AvgIpc) is 3.41. The predicted molar refractivity (Wildman–Crippen MR) is 119 cm³/mol. The van der Waals surface area contributed by atoms with Crippen LogP contribution in [0.4, 0.5) is 0 Å². The highest BCUT2D eigenvalue weighted by atomic mass is 16.7. The maximum Gasteiger partial charge on any atom is 0.355 e. The first-order valence-corrected chi connectivity index (χ1v) is 12.0. The third-order valence-electron chi connectivity index (χ3n) is 10.9. The molecule has 1 aromatic rings. The second-order valence-electron chi connectivity index (χ2n) is 12.0. The van der Waals surface area contributed by atoms with Gasteiger partial charge in [0.1, 0.15) is 34.2 Å². The normalized spacial score (nSPS) is 57.5. The van der Waals surface area contributed by atoms with Gasteiger partial charge in [-0.2, -0.15) is 0 Å². The zero-order chi connectivity index (χ0) is 25.8. The highest BCUT2D eigenvalue weighted by Crippen LogP contribution is 2.90. The number of ether oxygens (including phenoxy) is 2. The minimum Gasteiger partial charge on any atom is -0.451 e. The molecule has 0 radical (unpaired) electrons. The number of carbonyl (C=O) groups is 1. The van der Waals surface area contributed by atoms with Crippen molar-refractivity contribution in [2.24, 2.45) is 16.7 Å². The highest BCUT2D eigenvalue weighted by molar-refractivity contribution is 5.87. The lowest BCUT2D eigenvalue weighted by atomic mass is 9.52. The van der Waals surface area contributed by atoms with Gasteiger partial charge in [-0.1, -0.05) is 26.8 Å². The van der Waals surface area contributed by atoms with E-state index in [1.165, 1.54) is 26.1 Å². The van der Waals surface area contributed by atoms with Crippen LogP contribution in [-0.2, 0) is 9.47 Å². The first-order valence-electron chi connectivity index (χ1n) is 12.0. The second-order valence-corrected chi connectivity index (χ2v) is 12.0. The van der Waals surface area contributed by atoms with Crippen molar-refractivity contribution in [3.63, 3.8) is 0 Å². The molecule has 2 aliphatic heterocycles. The molecule has 10 unspecified atom stereocenters. The van der Waals surface area contributed by atoms with Gasteiger partial charge < -0.3 is 45.1 Å². The van der Waals surface area contributed by atoms with Crippen LogP contribution in [0.25, 0.3) is 0 Å². The number of rotatable bonds is 3. The Balaban J connectivity index is 1.70. The molecule has 3 heterocycles. The van der Waals surface area contributed by atoms with E-state index in [1.807, 2.05) is 0 Å². The summed E-state index contributed by atoms with van der Waals surface area (Å²) in [5.41, 5.74) is -15.2. The van der Waals surface area contributed by atoms with Gasteiger partial charge in [0.25, 0.3) is 0 Å². The van der Waals surface area contributed by atoms with Crippen molar-refractivity contribution in [2.75, 3.05) is 0 Å². The van der Waals surface area contributed by atoms with E-state index in [9.17, 15) is 35.4 Å². The Hall–Kier alpha value is -1.79. The molecule has 3 saturated carbocycles. The smallest absolute Gasteiger partial charge is 0.355 e. The molecule has 1 aromatic heterocycles. The van der Waals surface area contributed by atoms with Gasteiger partial charge in [0.15, 0.2) is 17.5 Å². The summed E-state index contributed by atoms with van der Waals surface area (Å²) in [6, 6.07) is 3.05. The quantitative estimate of drug-likeness (QED) is 0.222. The van der Waals surface area contributed by atoms with Crippen molar-refractivity contribution in [1.82, 2.24) is 4.98 Å². The molecule has 6 aliphatic rings. The molecule has 192 valence electrons. The van der Waals surface area contributed by atoms with Crippen LogP contribution in [0.1, 0.15) is 57.9 Å². The molecule has 10 heteroatoms. The lowest BCUT2D eigenvalue weighted by molar-refractivity contribution is -0.379. The topological polar surface area (TPSA) is 173 Å². The van der Waals surface area contributed by atoms with E-state index in [1.54, 1.807) is 32.9 Å². The first-order chi connectivity index (χ1) is 16.0. The van der Waals surface area contributed by atoms with Gasteiger partial charge in [0.05, 0.1) is 5.41 Å². The predicted octanol–water partition coefficient (Wildman–Crippen LogP) is -0.268. The number of aromatic nitrogens is 1. The summed E-state index contributed by atoms with van der Waals surface area (Å²) in [5, 5.41) is 73.7. The van der Waals surface area contributed by atoms with Gasteiger partial charge in [0, 0.05) is 18.0 Å². The number of aliphatic hydroxyl groups is 6. The highest BCUT2D eigenvalue weighted by Gasteiger charge is 3.10. The van der Waals surface area contributed by atoms with Crippen LogP contribution >= 0.6 is 0 Å². The summed E-state index contributed by atoms with van der Waals surface area (Å²) in [6.07, 6.45) is -0.760. The van der Waals surface area contributed by atoms with E-state index in [-0.39, 0.29) is 18.5 Å². The van der Waals surface area contributed by atoms with Gasteiger partial charge >= 0.3 is 5.97 Å². The van der Waals surface area contributed by atoms with E-state index in [4.69, 9.17) is 9.47 Å². The summed E-state index contributed by atoms with van der Waals surface area (Å²) in [5.74, 6) is -3.94. The molecule has 6 bridgehead atoms. The average molecular weight is 492 g/mol. The lowest BCUT2D eigenvalue weighted by Gasteiger charge is -2.59. The summed E-state index contributed by atoms with van der Waals surface area (Å²) < 4.78 is 12.0. The number of nitrogens with one attached hydrogen (secondary N) is 1. The van der Waals surface area contributed by atoms with E-state index in [0.29, 0.717) is 5.57 Å². The van der Waals surface area contributed by atoms with Crippen LogP contribution in [0.3, 0.4) is 0 Å². The summed E-state index contributed by atoms with van der Waals surface area (Å²) in [6.45, 7) is 7.70. The monoisotopic (exact) mass is 491 g/mol. The fourth-order valence-electron chi connectivity index (χ4n) is 9.18. The maximum absolute atomic E-state index is 13.2. The molecule has 7 rings (SSSR count). The number of aliphatic hydroxyl groups excluding tert-OH is 1. The van der Waals surface area contributed by atoms with Crippen LogP contribution in [-0.4, -0.2) is 87.6 Å². The Labute approximate surface area is 202 Å². The third-order valence-corrected chi connectivity index (χ3v) is 10.9. The Morgan fingerprint density at radius 1 is 1.20 bits per heavy atom. The summed E-state index contributed by atoms with van der Waals surface area (Å²) in [7, 11) is 0. The van der Waals surface area contributed by atoms with Crippen LogP contribution in [0.15, 0.2) is 30.0 Å². The maximum atomic E-state index is 13.2. The number of hydrogen-bond donors (Lipinski definition) is 7. The molecule has 4 aliphatic carbocycles. The van der Waals surface area contributed by atoms with Crippen LogP contribution in [0, 0.1) is 16.7 Å². The first kappa shape index (κ1) is 23.6. The zero-order valence-electron chi connectivity index (χ0n) is 20.4. The standard InChI is InChI=1S/C25H33NO9/c1-12(2)22(31)17(34-16(28)14-7-6-10-26-14)23(32)18(4)11-21(30)19(22,5)25(23,33)24(35-21)15(27)13(3)8-9-20(18,24)29/h6-8,10,12,15,17,26-27,29-33H,9,11H2,1-5H3. The zero-order valence-corrected chi connectivity index (χ0v) is 20.4. The van der Waals surface area contributed by atoms with Crippen molar-refractivity contribution in [3.05, 3.63) is 35.7 Å². The number of aromatic amines is 1. The third kappa shape index (κ3) is 1.71. The minimum absolute atomic E-state index is 0.0581. The molecule has 2 saturated heterocycles. The Bertz CT molecular complexity index is 1180. The fourth-order valence-corrected chi connectivity index (χ4v) is 9.18. The molecule has 10 nitrogen and oxygen atoms in total. The molecule has 0 amide bonds. The molecule has 1 spiro atoms. The second kappa shape index (κ2) is 5.85. The van der Waals surface area contributed by atoms with Gasteiger partial charge in [-0.05, 0) is 43.9 Å². The van der Waals surface area contributed by atoms with Crippen LogP contribution in [0.5, 0.6) is 0 Å². The van der Waals surface area contributed by atoms with E-state index >= 15 is 0 Å². The largest absolute Gasteiger partial charge is 0.451 e. The van der Waals surface area contributed by atoms with E-state index < -0.39 is 68.7 Å². The van der Waals surface area contributed by atoms with Gasteiger partial charge in [-0.15, -0.1) is 0 Å². The van der Waals surface area contributed by atoms with Gasteiger partial charge in [-0.25, -0.2) is 4.79 Å². The molecule has 35 heavy (non-hydrogen) atoms. The van der Waals surface area contributed by atoms with E-state index in [0.717, 1.165) is 0 Å². The van der Waals surface area contributed by atoms with E-state index in [2.05, 4.69) is 4.98 Å². The molecule has 7 N–H and O–H groups in total. The summed E-state index contributed by atoms with van der Waals surface area (Å²) in [4.78, 5) is 15.9. The molecular weight excluding hydrogens is 458 g/mol. The van der Waals surface area contributed by atoms with Crippen molar-refractivity contribution >= 4 is 5.97 Å². The number of esters is 1. The molecule has 5 fully saturated rings. The number of carbonyl (C=O) groups excluding carboxylic acids is 1. The van der Waals surface area contributed by atoms with Gasteiger partial charge in [-0.3, -0.25) is 0 Å². The Kier molecular flexibility index (Phi) is 3.95. The number of hydrogen-bond acceptors (Lipinski definition) is 9. The lowest BCUT2D eigenvalue weighted by Crippen LogP contribution is -2.74. The fraction of sp³-hybridized carbons (Fsp3) is 0.720. The van der Waals surface area contributed by atoms with Crippen LogP contribution in [0.2, 0.25) is 0 Å². The van der Waals surface area contributed by atoms with Crippen molar-refractivity contribution < 1.29 is 44.9 Å². The SMILES string of the molecule is CC1=CCC2(O)C3(C)CC4(O)OC2(C1O)C1(O)C3(O)C(OC(=O)c2ccc[nH]2)C(O)(C(C)C)C41C. The van der Waals surface area contributed by atoms with Crippen molar-refractivity contribution in [3.8, 4) is 0 Å². The molecular formula is C25H33NO9. The number of H-pyrrole nitrogens is 1. The van der Waals surface area contributed by atoms with Gasteiger partial charge in [0.2, 0.25) is 0 Å². The Morgan fingerprint density at radius 2 is 1.86 bits per heavy atom. The summed E-state index contributed by atoms with van der Waals surface area (Å²) >= 11 is 0. The molecule has 10 atom stereocenters. The Morgan fingerprint density at radius 3 is 2.43 bits per heavy atom.